The standard InChI is InChI=1S/C21H21N3O3/c1-13-7-6-9-17(14(13)2)24-12-15(11-19(24)25)20-22-21(27-23-20)16-8-4-5-10-18(16)26-3/h4-10,15H,11-12H2,1-3H3. The van der Waals surface area contributed by atoms with Gasteiger partial charge in [0.05, 0.1) is 12.7 Å². The number of amides is 1. The summed E-state index contributed by atoms with van der Waals surface area (Å²) in [6, 6.07) is 13.5. The molecule has 27 heavy (non-hydrogen) atoms. The lowest BCUT2D eigenvalue weighted by Crippen LogP contribution is -2.25. The Bertz CT molecular complexity index is 996. The summed E-state index contributed by atoms with van der Waals surface area (Å²) in [4.78, 5) is 19.0. The van der Waals surface area contributed by atoms with Crippen LogP contribution in [0.5, 0.6) is 5.75 Å². The minimum absolute atomic E-state index is 0.0809. The van der Waals surface area contributed by atoms with E-state index in [1.54, 1.807) is 7.11 Å². The highest BCUT2D eigenvalue weighted by atomic mass is 16.5. The summed E-state index contributed by atoms with van der Waals surface area (Å²) in [6.45, 7) is 4.64. The van der Waals surface area contributed by atoms with Gasteiger partial charge in [0.2, 0.25) is 5.91 Å². The Labute approximate surface area is 157 Å². The zero-order valence-electron chi connectivity index (χ0n) is 15.6. The molecule has 1 aromatic heterocycles. The lowest BCUT2D eigenvalue weighted by molar-refractivity contribution is -0.117. The molecule has 0 aliphatic carbocycles. The number of anilines is 1. The number of rotatable bonds is 4. The van der Waals surface area contributed by atoms with Crippen molar-refractivity contribution < 1.29 is 14.1 Å². The maximum atomic E-state index is 12.6. The number of aromatic nitrogens is 2. The van der Waals surface area contributed by atoms with Crippen LogP contribution < -0.4 is 9.64 Å². The summed E-state index contributed by atoms with van der Waals surface area (Å²) in [6.07, 6.45) is 0.373. The van der Waals surface area contributed by atoms with E-state index in [9.17, 15) is 4.79 Å². The Morgan fingerprint density at radius 2 is 1.96 bits per heavy atom. The highest BCUT2D eigenvalue weighted by Gasteiger charge is 2.35. The van der Waals surface area contributed by atoms with Gasteiger partial charge in [-0.2, -0.15) is 4.98 Å². The van der Waals surface area contributed by atoms with Crippen LogP contribution in [0.1, 0.15) is 29.3 Å². The number of ether oxygens (including phenoxy) is 1. The van der Waals surface area contributed by atoms with E-state index in [1.165, 1.54) is 5.56 Å². The largest absolute Gasteiger partial charge is 0.496 e. The van der Waals surface area contributed by atoms with Gasteiger partial charge in [-0.25, -0.2) is 0 Å². The van der Waals surface area contributed by atoms with Crippen molar-refractivity contribution in [3.8, 4) is 17.2 Å². The summed E-state index contributed by atoms with van der Waals surface area (Å²) >= 11 is 0. The van der Waals surface area contributed by atoms with E-state index < -0.39 is 0 Å². The molecule has 1 unspecified atom stereocenters. The van der Waals surface area contributed by atoms with Crippen LogP contribution in [0.2, 0.25) is 0 Å². The molecular formula is C21H21N3O3. The van der Waals surface area contributed by atoms with E-state index in [2.05, 4.69) is 23.1 Å². The molecule has 1 saturated heterocycles. The average molecular weight is 363 g/mol. The van der Waals surface area contributed by atoms with E-state index in [0.29, 0.717) is 30.4 Å². The van der Waals surface area contributed by atoms with E-state index in [4.69, 9.17) is 9.26 Å². The van der Waals surface area contributed by atoms with Crippen LogP contribution >= 0.6 is 0 Å². The Kier molecular flexibility index (Phi) is 4.39. The van der Waals surface area contributed by atoms with Crippen LogP contribution in [0.15, 0.2) is 47.0 Å². The quantitative estimate of drug-likeness (QED) is 0.703. The number of carbonyl (C=O) groups is 1. The van der Waals surface area contributed by atoms with Crippen molar-refractivity contribution in [3.05, 3.63) is 59.4 Å². The first-order chi connectivity index (χ1) is 13.1. The fourth-order valence-electron chi connectivity index (χ4n) is 3.47. The number of nitrogens with zero attached hydrogens (tertiary/aromatic N) is 3. The van der Waals surface area contributed by atoms with Crippen LogP contribution in [-0.4, -0.2) is 29.7 Å². The molecule has 6 nitrogen and oxygen atoms in total. The molecule has 1 atom stereocenters. The molecule has 6 heteroatoms. The van der Waals surface area contributed by atoms with Gasteiger partial charge in [0.15, 0.2) is 5.82 Å². The van der Waals surface area contributed by atoms with Crippen molar-refractivity contribution in [1.29, 1.82) is 0 Å². The predicted octanol–water partition coefficient (Wildman–Crippen LogP) is 3.88. The van der Waals surface area contributed by atoms with Crippen molar-refractivity contribution in [2.75, 3.05) is 18.6 Å². The van der Waals surface area contributed by atoms with Crippen LogP contribution in [0.25, 0.3) is 11.5 Å². The maximum absolute atomic E-state index is 12.6. The molecular weight excluding hydrogens is 342 g/mol. The summed E-state index contributed by atoms with van der Waals surface area (Å²) in [5.74, 6) is 1.62. The molecule has 0 saturated carbocycles. The zero-order valence-corrected chi connectivity index (χ0v) is 15.6. The van der Waals surface area contributed by atoms with Gasteiger partial charge in [0.1, 0.15) is 5.75 Å². The van der Waals surface area contributed by atoms with Gasteiger partial charge in [-0.05, 0) is 43.2 Å². The van der Waals surface area contributed by atoms with Gasteiger partial charge in [0.25, 0.3) is 5.89 Å². The summed E-state index contributed by atoms with van der Waals surface area (Å²) in [7, 11) is 1.60. The summed E-state index contributed by atoms with van der Waals surface area (Å²) in [5, 5.41) is 4.13. The number of benzene rings is 2. The third kappa shape index (κ3) is 3.07. The van der Waals surface area contributed by atoms with Crippen molar-refractivity contribution in [2.24, 2.45) is 0 Å². The number of para-hydroxylation sites is 1. The second-order valence-electron chi connectivity index (χ2n) is 6.78. The monoisotopic (exact) mass is 363 g/mol. The molecule has 4 rings (SSSR count). The lowest BCUT2D eigenvalue weighted by atomic mass is 10.1. The second kappa shape index (κ2) is 6.87. The first kappa shape index (κ1) is 17.3. The van der Waals surface area contributed by atoms with Crippen LogP contribution in [-0.2, 0) is 4.79 Å². The predicted molar refractivity (Wildman–Crippen MR) is 102 cm³/mol. The molecule has 0 spiro atoms. The molecule has 0 bridgehead atoms. The molecule has 2 heterocycles. The van der Waals surface area contributed by atoms with E-state index >= 15 is 0 Å². The summed E-state index contributed by atoms with van der Waals surface area (Å²) in [5.41, 5.74) is 3.99. The highest BCUT2D eigenvalue weighted by Crippen LogP contribution is 2.35. The zero-order chi connectivity index (χ0) is 19.0. The Balaban J connectivity index is 1.60. The third-order valence-electron chi connectivity index (χ3n) is 5.14. The fraction of sp³-hybridized carbons (Fsp3) is 0.286. The Morgan fingerprint density at radius 1 is 1.15 bits per heavy atom. The van der Waals surface area contributed by atoms with Gasteiger partial charge in [0, 0.05) is 24.6 Å². The van der Waals surface area contributed by atoms with Crippen molar-refractivity contribution >= 4 is 11.6 Å². The SMILES string of the molecule is COc1ccccc1-c1nc(C2CC(=O)N(c3cccc(C)c3C)C2)no1. The molecule has 2 aromatic carbocycles. The molecule has 3 aromatic rings. The first-order valence-electron chi connectivity index (χ1n) is 8.92. The first-order valence-corrected chi connectivity index (χ1v) is 8.92. The van der Waals surface area contributed by atoms with Crippen LogP contribution in [0, 0.1) is 13.8 Å². The third-order valence-corrected chi connectivity index (χ3v) is 5.14. The number of carbonyl (C=O) groups excluding carboxylic acids is 1. The summed E-state index contributed by atoms with van der Waals surface area (Å²) < 4.78 is 10.8. The van der Waals surface area contributed by atoms with Crippen LogP contribution in [0.3, 0.4) is 0 Å². The second-order valence-corrected chi connectivity index (χ2v) is 6.78. The van der Waals surface area contributed by atoms with E-state index in [-0.39, 0.29) is 11.8 Å². The normalized spacial score (nSPS) is 16.8. The lowest BCUT2D eigenvalue weighted by Gasteiger charge is -2.19. The topological polar surface area (TPSA) is 68.5 Å². The van der Waals surface area contributed by atoms with Gasteiger partial charge in [-0.15, -0.1) is 0 Å². The molecule has 138 valence electrons. The number of hydrogen-bond acceptors (Lipinski definition) is 5. The van der Waals surface area contributed by atoms with Crippen molar-refractivity contribution in [2.45, 2.75) is 26.2 Å². The van der Waals surface area contributed by atoms with E-state index in [1.807, 2.05) is 48.2 Å². The Hall–Kier alpha value is -3.15. The van der Waals surface area contributed by atoms with Gasteiger partial charge >= 0.3 is 0 Å². The van der Waals surface area contributed by atoms with Gasteiger partial charge < -0.3 is 14.2 Å². The highest BCUT2D eigenvalue weighted by molar-refractivity contribution is 5.97. The molecule has 1 fully saturated rings. The minimum Gasteiger partial charge on any atom is -0.496 e. The van der Waals surface area contributed by atoms with Gasteiger partial charge in [-0.3, -0.25) is 4.79 Å². The van der Waals surface area contributed by atoms with Crippen molar-refractivity contribution in [3.63, 3.8) is 0 Å². The molecule has 1 aliphatic heterocycles. The maximum Gasteiger partial charge on any atom is 0.261 e. The van der Waals surface area contributed by atoms with Crippen molar-refractivity contribution in [1.82, 2.24) is 10.1 Å². The van der Waals surface area contributed by atoms with Crippen LogP contribution in [0.4, 0.5) is 5.69 Å². The average Bonchev–Trinajstić information content (AvgIpc) is 3.31. The minimum atomic E-state index is -0.0929. The number of hydrogen-bond donors (Lipinski definition) is 0. The smallest absolute Gasteiger partial charge is 0.261 e. The Morgan fingerprint density at radius 3 is 2.78 bits per heavy atom. The number of methoxy groups -OCH3 is 1. The van der Waals surface area contributed by atoms with E-state index in [0.717, 1.165) is 16.8 Å². The molecule has 1 amide bonds. The molecule has 0 radical (unpaired) electrons. The molecule has 0 N–H and O–H groups in total. The molecule has 1 aliphatic rings. The van der Waals surface area contributed by atoms with Gasteiger partial charge in [-0.1, -0.05) is 29.4 Å². The fourth-order valence-corrected chi connectivity index (χ4v) is 3.47. The number of aryl methyl sites for hydroxylation is 1.